The zero-order chi connectivity index (χ0) is 15.7. The molecule has 3 heteroatoms. The molecule has 0 heterocycles. The number of rotatable bonds is 2. The van der Waals surface area contributed by atoms with E-state index in [1.807, 2.05) is 6.92 Å². The fraction of sp³-hybridized carbons (Fsp3) is 0.263. The van der Waals surface area contributed by atoms with Gasteiger partial charge in [0.2, 0.25) is 0 Å². The van der Waals surface area contributed by atoms with Gasteiger partial charge in [-0.1, -0.05) is 24.3 Å². The highest BCUT2D eigenvalue weighted by Crippen LogP contribution is 2.43. The fourth-order valence-electron chi connectivity index (χ4n) is 3.23. The lowest BCUT2D eigenvalue weighted by Crippen LogP contribution is -2.20. The summed E-state index contributed by atoms with van der Waals surface area (Å²) in [6.07, 6.45) is 0.992. The molecule has 0 aromatic heterocycles. The molecule has 1 aliphatic carbocycles. The smallest absolute Gasteiger partial charge is 0.123 e. The van der Waals surface area contributed by atoms with Crippen LogP contribution in [0, 0.1) is 11.6 Å². The van der Waals surface area contributed by atoms with Crippen molar-refractivity contribution in [1.82, 2.24) is 0 Å². The molecule has 1 N–H and O–H groups in total. The van der Waals surface area contributed by atoms with Crippen LogP contribution in [-0.2, 0) is 0 Å². The molecule has 0 saturated carbocycles. The molecule has 2 aromatic carbocycles. The third kappa shape index (κ3) is 2.81. The van der Waals surface area contributed by atoms with Gasteiger partial charge in [0.05, 0.1) is 6.10 Å². The van der Waals surface area contributed by atoms with E-state index in [1.165, 1.54) is 24.3 Å². The molecule has 0 aliphatic heterocycles. The highest BCUT2D eigenvalue weighted by Gasteiger charge is 2.28. The molecule has 2 aromatic rings. The lowest BCUT2D eigenvalue weighted by atomic mass is 9.75. The maximum atomic E-state index is 13.2. The summed E-state index contributed by atoms with van der Waals surface area (Å²) >= 11 is 0. The molecule has 0 unspecified atom stereocenters. The van der Waals surface area contributed by atoms with Gasteiger partial charge in [0.1, 0.15) is 11.6 Å². The maximum absolute atomic E-state index is 13.2. The molecule has 1 aliphatic rings. The fourth-order valence-corrected chi connectivity index (χ4v) is 3.23. The zero-order valence-corrected chi connectivity index (χ0v) is 12.4. The molecule has 3 rings (SSSR count). The van der Waals surface area contributed by atoms with Crippen LogP contribution in [0.5, 0.6) is 0 Å². The standard InChI is InChI=1S/C19H18F2O/c1-12-18(22)11-10-17(13-2-6-15(20)7-3-13)19(12)14-4-8-16(21)9-5-14/h2-9,17-18,22H,10-11H2,1H3/t17-,18+/m0/s1. The Morgan fingerprint density at radius 2 is 1.41 bits per heavy atom. The summed E-state index contributed by atoms with van der Waals surface area (Å²) in [4.78, 5) is 0. The summed E-state index contributed by atoms with van der Waals surface area (Å²) in [7, 11) is 0. The molecule has 0 spiro atoms. The van der Waals surface area contributed by atoms with Crippen LogP contribution in [0.4, 0.5) is 8.78 Å². The highest BCUT2D eigenvalue weighted by atomic mass is 19.1. The second kappa shape index (κ2) is 6.01. The number of benzene rings is 2. The van der Waals surface area contributed by atoms with Crippen LogP contribution < -0.4 is 0 Å². The topological polar surface area (TPSA) is 20.2 Å². The zero-order valence-electron chi connectivity index (χ0n) is 12.4. The lowest BCUT2D eigenvalue weighted by Gasteiger charge is -2.31. The highest BCUT2D eigenvalue weighted by molar-refractivity contribution is 5.75. The third-order valence-electron chi connectivity index (χ3n) is 4.43. The van der Waals surface area contributed by atoms with Gasteiger partial charge in [0.25, 0.3) is 0 Å². The van der Waals surface area contributed by atoms with Gasteiger partial charge < -0.3 is 5.11 Å². The Kier molecular flexibility index (Phi) is 4.08. The van der Waals surface area contributed by atoms with Crippen LogP contribution in [0.1, 0.15) is 36.8 Å². The monoisotopic (exact) mass is 300 g/mol. The van der Waals surface area contributed by atoms with Gasteiger partial charge in [0, 0.05) is 5.92 Å². The molecule has 0 radical (unpaired) electrons. The van der Waals surface area contributed by atoms with Crippen LogP contribution in [-0.4, -0.2) is 11.2 Å². The van der Waals surface area contributed by atoms with Gasteiger partial charge in [-0.25, -0.2) is 8.78 Å². The van der Waals surface area contributed by atoms with E-state index in [0.717, 1.165) is 28.7 Å². The Labute approximate surface area is 128 Å². The Balaban J connectivity index is 2.08. The molecule has 22 heavy (non-hydrogen) atoms. The molecular formula is C19H18F2O. The van der Waals surface area contributed by atoms with Gasteiger partial charge in [-0.3, -0.25) is 0 Å². The summed E-state index contributed by atoms with van der Waals surface area (Å²) in [5, 5.41) is 10.2. The second-order valence-electron chi connectivity index (χ2n) is 5.80. The molecule has 0 saturated heterocycles. The average Bonchev–Trinajstić information content (AvgIpc) is 2.52. The van der Waals surface area contributed by atoms with Crippen LogP contribution in [0.15, 0.2) is 54.1 Å². The first kappa shape index (κ1) is 14.9. The number of aliphatic hydroxyl groups is 1. The van der Waals surface area contributed by atoms with Gasteiger partial charge in [-0.05, 0) is 66.3 Å². The predicted molar refractivity (Wildman–Crippen MR) is 83.4 cm³/mol. The predicted octanol–water partition coefficient (Wildman–Crippen LogP) is 4.68. The normalized spacial score (nSPS) is 22.0. The van der Waals surface area contributed by atoms with E-state index in [4.69, 9.17) is 0 Å². The molecule has 0 fully saturated rings. The van der Waals surface area contributed by atoms with Crippen molar-refractivity contribution in [2.24, 2.45) is 0 Å². The van der Waals surface area contributed by atoms with E-state index >= 15 is 0 Å². The van der Waals surface area contributed by atoms with Crippen molar-refractivity contribution >= 4 is 5.57 Å². The Morgan fingerprint density at radius 1 is 0.864 bits per heavy atom. The third-order valence-corrected chi connectivity index (χ3v) is 4.43. The largest absolute Gasteiger partial charge is 0.389 e. The Hall–Kier alpha value is -2.00. The summed E-state index contributed by atoms with van der Waals surface area (Å²) in [6.45, 7) is 1.92. The van der Waals surface area contributed by atoms with Gasteiger partial charge in [-0.2, -0.15) is 0 Å². The first-order chi connectivity index (χ1) is 10.6. The van der Waals surface area contributed by atoms with E-state index in [2.05, 4.69) is 0 Å². The van der Waals surface area contributed by atoms with E-state index in [9.17, 15) is 13.9 Å². The van der Waals surface area contributed by atoms with Crippen molar-refractivity contribution in [2.75, 3.05) is 0 Å². The van der Waals surface area contributed by atoms with Crippen LogP contribution in [0.2, 0.25) is 0 Å². The number of hydrogen-bond donors (Lipinski definition) is 1. The minimum atomic E-state index is -0.475. The summed E-state index contributed by atoms with van der Waals surface area (Å²) in [5.74, 6) is -0.449. The first-order valence-corrected chi connectivity index (χ1v) is 7.46. The number of hydrogen-bond acceptors (Lipinski definition) is 1. The second-order valence-corrected chi connectivity index (χ2v) is 5.80. The number of aliphatic hydroxyl groups excluding tert-OH is 1. The minimum Gasteiger partial charge on any atom is -0.389 e. The van der Waals surface area contributed by atoms with Crippen molar-refractivity contribution in [3.8, 4) is 0 Å². The van der Waals surface area contributed by atoms with E-state index < -0.39 is 6.10 Å². The SMILES string of the molecule is CC1=C(c2ccc(F)cc2)[C@H](c2ccc(F)cc2)CC[C@H]1O. The molecule has 114 valence electrons. The lowest BCUT2D eigenvalue weighted by molar-refractivity contribution is 0.190. The Morgan fingerprint density at radius 3 is 2.00 bits per heavy atom. The van der Waals surface area contributed by atoms with Crippen molar-refractivity contribution in [2.45, 2.75) is 31.8 Å². The molecule has 0 bridgehead atoms. The summed E-state index contributed by atoms with van der Waals surface area (Å²) in [6, 6.07) is 12.8. The molecule has 1 nitrogen and oxygen atoms in total. The molecular weight excluding hydrogens is 282 g/mol. The first-order valence-electron chi connectivity index (χ1n) is 7.46. The average molecular weight is 300 g/mol. The van der Waals surface area contributed by atoms with Crippen LogP contribution in [0.3, 0.4) is 0 Å². The van der Waals surface area contributed by atoms with Crippen molar-refractivity contribution in [1.29, 1.82) is 0 Å². The summed E-state index contributed by atoms with van der Waals surface area (Å²) < 4.78 is 26.3. The van der Waals surface area contributed by atoms with E-state index in [0.29, 0.717) is 6.42 Å². The van der Waals surface area contributed by atoms with Crippen LogP contribution in [0.25, 0.3) is 5.57 Å². The number of halogens is 2. The van der Waals surface area contributed by atoms with Gasteiger partial charge in [-0.15, -0.1) is 0 Å². The van der Waals surface area contributed by atoms with Crippen molar-refractivity contribution in [3.63, 3.8) is 0 Å². The molecule has 2 atom stereocenters. The van der Waals surface area contributed by atoms with Crippen molar-refractivity contribution < 1.29 is 13.9 Å². The van der Waals surface area contributed by atoms with E-state index in [-0.39, 0.29) is 17.6 Å². The van der Waals surface area contributed by atoms with Crippen LogP contribution >= 0.6 is 0 Å². The molecule has 0 amide bonds. The van der Waals surface area contributed by atoms with E-state index in [1.54, 1.807) is 24.3 Å². The van der Waals surface area contributed by atoms with Gasteiger partial charge >= 0.3 is 0 Å². The summed E-state index contributed by atoms with van der Waals surface area (Å²) in [5.41, 5.74) is 3.86. The quantitative estimate of drug-likeness (QED) is 0.854. The minimum absolute atomic E-state index is 0.0921. The number of allylic oxidation sites excluding steroid dienone is 1. The maximum Gasteiger partial charge on any atom is 0.123 e. The Bertz CT molecular complexity index is 686. The van der Waals surface area contributed by atoms with Crippen molar-refractivity contribution in [3.05, 3.63) is 76.9 Å². The van der Waals surface area contributed by atoms with Gasteiger partial charge in [0.15, 0.2) is 0 Å².